The molecule has 1 aliphatic heterocycles. The fraction of sp³-hybridized carbons (Fsp3) is 0.769. The molecule has 92 valence electrons. The molecule has 1 aliphatic rings. The van der Waals surface area contributed by atoms with Crippen LogP contribution in [0.3, 0.4) is 0 Å². The zero-order chi connectivity index (χ0) is 12.2. The largest absolute Gasteiger partial charge is 0.351 e. The SMILES string of the molecule is CC(C)=CC(=O)NCC1NCCCC1(C)C. The number of allylic oxidation sites excluding steroid dienone is 1. The van der Waals surface area contributed by atoms with Crippen LogP contribution in [0.5, 0.6) is 0 Å². The first kappa shape index (κ1) is 13.2. The van der Waals surface area contributed by atoms with Crippen LogP contribution in [0.4, 0.5) is 0 Å². The summed E-state index contributed by atoms with van der Waals surface area (Å²) in [7, 11) is 0. The number of nitrogens with one attached hydrogen (secondary N) is 2. The van der Waals surface area contributed by atoms with Crippen molar-refractivity contribution in [2.24, 2.45) is 5.41 Å². The van der Waals surface area contributed by atoms with Crippen LogP contribution < -0.4 is 10.6 Å². The van der Waals surface area contributed by atoms with E-state index in [0.29, 0.717) is 6.04 Å². The molecule has 0 radical (unpaired) electrons. The van der Waals surface area contributed by atoms with Crippen molar-refractivity contribution in [3.05, 3.63) is 11.6 Å². The van der Waals surface area contributed by atoms with Gasteiger partial charge in [0.1, 0.15) is 0 Å². The van der Waals surface area contributed by atoms with Crippen LogP contribution in [0, 0.1) is 5.41 Å². The third kappa shape index (κ3) is 3.97. The molecular weight excluding hydrogens is 200 g/mol. The maximum Gasteiger partial charge on any atom is 0.243 e. The summed E-state index contributed by atoms with van der Waals surface area (Å²) < 4.78 is 0. The third-order valence-electron chi connectivity index (χ3n) is 3.23. The van der Waals surface area contributed by atoms with Crippen molar-refractivity contribution in [2.45, 2.75) is 46.6 Å². The molecule has 1 amide bonds. The summed E-state index contributed by atoms with van der Waals surface area (Å²) in [6.45, 7) is 10.2. The van der Waals surface area contributed by atoms with Gasteiger partial charge in [-0.25, -0.2) is 0 Å². The van der Waals surface area contributed by atoms with Crippen molar-refractivity contribution in [1.82, 2.24) is 10.6 Å². The molecular formula is C13H24N2O. The Hall–Kier alpha value is -0.830. The molecule has 1 heterocycles. The molecule has 1 atom stereocenters. The fourth-order valence-electron chi connectivity index (χ4n) is 2.14. The van der Waals surface area contributed by atoms with E-state index in [1.54, 1.807) is 6.08 Å². The lowest BCUT2D eigenvalue weighted by molar-refractivity contribution is -0.116. The summed E-state index contributed by atoms with van der Waals surface area (Å²) in [5.41, 5.74) is 1.31. The van der Waals surface area contributed by atoms with Gasteiger partial charge in [-0.2, -0.15) is 0 Å². The first-order valence-electron chi connectivity index (χ1n) is 6.08. The first-order chi connectivity index (χ1) is 7.42. The van der Waals surface area contributed by atoms with Gasteiger partial charge in [-0.1, -0.05) is 19.4 Å². The lowest BCUT2D eigenvalue weighted by Gasteiger charge is -2.39. The van der Waals surface area contributed by atoms with E-state index in [0.717, 1.165) is 18.7 Å². The molecule has 1 fully saturated rings. The molecule has 3 nitrogen and oxygen atoms in total. The van der Waals surface area contributed by atoms with E-state index in [9.17, 15) is 4.79 Å². The van der Waals surface area contributed by atoms with Gasteiger partial charge in [-0.05, 0) is 38.6 Å². The minimum absolute atomic E-state index is 0.0168. The van der Waals surface area contributed by atoms with Crippen molar-refractivity contribution < 1.29 is 4.79 Å². The summed E-state index contributed by atoms with van der Waals surface area (Å²) in [5, 5.41) is 6.44. The average Bonchev–Trinajstić information content (AvgIpc) is 2.14. The van der Waals surface area contributed by atoms with Crippen LogP contribution in [0.25, 0.3) is 0 Å². The fourth-order valence-corrected chi connectivity index (χ4v) is 2.14. The highest BCUT2D eigenvalue weighted by Gasteiger charge is 2.31. The molecule has 0 bridgehead atoms. The predicted octanol–water partition coefficient (Wildman–Crippen LogP) is 1.85. The third-order valence-corrected chi connectivity index (χ3v) is 3.23. The van der Waals surface area contributed by atoms with Gasteiger partial charge in [0.15, 0.2) is 0 Å². The maximum atomic E-state index is 11.5. The number of hydrogen-bond acceptors (Lipinski definition) is 2. The van der Waals surface area contributed by atoms with Gasteiger partial charge in [0.05, 0.1) is 0 Å². The van der Waals surface area contributed by atoms with Crippen LogP contribution in [0.15, 0.2) is 11.6 Å². The van der Waals surface area contributed by atoms with E-state index < -0.39 is 0 Å². The van der Waals surface area contributed by atoms with Crippen LogP contribution >= 0.6 is 0 Å². The standard InChI is InChI=1S/C13H24N2O/c1-10(2)8-12(16)15-9-11-13(3,4)6-5-7-14-11/h8,11,14H,5-7,9H2,1-4H3,(H,15,16). The van der Waals surface area contributed by atoms with Crippen LogP contribution in [0.2, 0.25) is 0 Å². The molecule has 0 aromatic carbocycles. The maximum absolute atomic E-state index is 11.5. The second-order valence-corrected chi connectivity index (χ2v) is 5.57. The van der Waals surface area contributed by atoms with Crippen LogP contribution in [-0.2, 0) is 4.79 Å². The Morgan fingerprint density at radius 1 is 1.50 bits per heavy atom. The molecule has 2 N–H and O–H groups in total. The van der Waals surface area contributed by atoms with Gasteiger partial charge in [0.2, 0.25) is 5.91 Å². The minimum Gasteiger partial charge on any atom is -0.351 e. The normalized spacial score (nSPS) is 23.6. The Labute approximate surface area is 98.7 Å². The Morgan fingerprint density at radius 3 is 2.75 bits per heavy atom. The zero-order valence-electron chi connectivity index (χ0n) is 10.9. The van der Waals surface area contributed by atoms with Gasteiger partial charge >= 0.3 is 0 Å². The second-order valence-electron chi connectivity index (χ2n) is 5.57. The van der Waals surface area contributed by atoms with Gasteiger partial charge in [-0.3, -0.25) is 4.79 Å². The van der Waals surface area contributed by atoms with Crippen molar-refractivity contribution >= 4 is 5.91 Å². The number of rotatable bonds is 3. The highest BCUT2D eigenvalue weighted by Crippen LogP contribution is 2.29. The highest BCUT2D eigenvalue weighted by atomic mass is 16.1. The summed E-state index contributed by atoms with van der Waals surface area (Å²) in [6.07, 6.45) is 4.10. The summed E-state index contributed by atoms with van der Waals surface area (Å²) in [4.78, 5) is 11.5. The molecule has 16 heavy (non-hydrogen) atoms. The second kappa shape index (κ2) is 5.48. The molecule has 0 spiro atoms. The lowest BCUT2D eigenvalue weighted by atomic mass is 9.77. The van der Waals surface area contributed by atoms with Gasteiger partial charge in [0.25, 0.3) is 0 Å². The van der Waals surface area contributed by atoms with Gasteiger partial charge in [-0.15, -0.1) is 0 Å². The monoisotopic (exact) mass is 224 g/mol. The average molecular weight is 224 g/mol. The van der Waals surface area contributed by atoms with Crippen LogP contribution in [-0.4, -0.2) is 25.0 Å². The Kier molecular flexibility index (Phi) is 4.54. The number of carbonyl (C=O) groups is 1. The van der Waals surface area contributed by atoms with Gasteiger partial charge < -0.3 is 10.6 Å². The Bertz CT molecular complexity index is 278. The van der Waals surface area contributed by atoms with Crippen molar-refractivity contribution in [1.29, 1.82) is 0 Å². The molecule has 0 aliphatic carbocycles. The van der Waals surface area contributed by atoms with E-state index >= 15 is 0 Å². The molecule has 1 unspecified atom stereocenters. The smallest absolute Gasteiger partial charge is 0.243 e. The Morgan fingerprint density at radius 2 is 2.19 bits per heavy atom. The van der Waals surface area contributed by atoms with E-state index in [4.69, 9.17) is 0 Å². The van der Waals surface area contributed by atoms with Crippen LogP contribution in [0.1, 0.15) is 40.5 Å². The lowest BCUT2D eigenvalue weighted by Crippen LogP contribution is -2.52. The quantitative estimate of drug-likeness (QED) is 0.718. The van der Waals surface area contributed by atoms with Crippen molar-refractivity contribution in [2.75, 3.05) is 13.1 Å². The summed E-state index contributed by atoms with van der Waals surface area (Å²) >= 11 is 0. The topological polar surface area (TPSA) is 41.1 Å². The van der Waals surface area contributed by atoms with Crippen molar-refractivity contribution in [3.8, 4) is 0 Å². The van der Waals surface area contributed by atoms with E-state index in [2.05, 4.69) is 24.5 Å². The highest BCUT2D eigenvalue weighted by molar-refractivity contribution is 5.88. The number of piperidine rings is 1. The van der Waals surface area contributed by atoms with E-state index in [-0.39, 0.29) is 11.3 Å². The zero-order valence-corrected chi connectivity index (χ0v) is 10.9. The first-order valence-corrected chi connectivity index (χ1v) is 6.08. The summed E-state index contributed by atoms with van der Waals surface area (Å²) in [6, 6.07) is 0.385. The van der Waals surface area contributed by atoms with Crippen molar-refractivity contribution in [3.63, 3.8) is 0 Å². The molecule has 0 aromatic heterocycles. The Balaban J connectivity index is 2.42. The molecule has 1 saturated heterocycles. The molecule has 0 saturated carbocycles. The number of carbonyl (C=O) groups excluding carboxylic acids is 1. The molecule has 3 heteroatoms. The van der Waals surface area contributed by atoms with E-state index in [1.807, 2.05) is 13.8 Å². The van der Waals surface area contributed by atoms with E-state index in [1.165, 1.54) is 12.8 Å². The number of hydrogen-bond donors (Lipinski definition) is 2. The predicted molar refractivity (Wildman–Crippen MR) is 67.2 cm³/mol. The molecule has 1 rings (SSSR count). The minimum atomic E-state index is 0.0168. The van der Waals surface area contributed by atoms with Gasteiger partial charge in [0, 0.05) is 18.7 Å². The molecule has 0 aromatic rings. The summed E-state index contributed by atoms with van der Waals surface area (Å²) in [5.74, 6) is 0.0168. The number of amides is 1.